The number of carbonyl (C=O) groups is 1. The van der Waals surface area contributed by atoms with Gasteiger partial charge in [-0.15, -0.1) is 0 Å². The van der Waals surface area contributed by atoms with Gasteiger partial charge in [0.15, 0.2) is 0 Å². The van der Waals surface area contributed by atoms with Crippen LogP contribution in [-0.4, -0.2) is 25.5 Å². The first-order chi connectivity index (χ1) is 9.12. The van der Waals surface area contributed by atoms with Crippen LogP contribution in [0.1, 0.15) is 19.4 Å². The summed E-state index contributed by atoms with van der Waals surface area (Å²) in [6.45, 7) is 3.25. The van der Waals surface area contributed by atoms with Gasteiger partial charge in [-0.05, 0) is 23.6 Å². The van der Waals surface area contributed by atoms with Crippen LogP contribution < -0.4 is 4.72 Å². The molecular weight excluding hydrogens is 325 g/mol. The fourth-order valence-corrected chi connectivity index (χ4v) is 3.34. The van der Waals surface area contributed by atoms with Gasteiger partial charge in [0.25, 0.3) is 0 Å². The molecule has 1 unspecified atom stereocenters. The average Bonchev–Trinajstić information content (AvgIpc) is 2.30. The predicted octanol–water partition coefficient (Wildman–Crippen LogP) is 2.52. The first-order valence-electron chi connectivity index (χ1n) is 5.79. The van der Waals surface area contributed by atoms with E-state index in [0.29, 0.717) is 10.6 Å². The Balaban J connectivity index is 2.89. The van der Waals surface area contributed by atoms with Gasteiger partial charge in [0.1, 0.15) is 6.04 Å². The summed E-state index contributed by atoms with van der Waals surface area (Å²) >= 11 is 11.6. The molecule has 0 fully saturated rings. The van der Waals surface area contributed by atoms with E-state index in [9.17, 15) is 13.2 Å². The lowest BCUT2D eigenvalue weighted by Gasteiger charge is -2.18. The van der Waals surface area contributed by atoms with E-state index in [4.69, 9.17) is 28.3 Å². The van der Waals surface area contributed by atoms with Gasteiger partial charge >= 0.3 is 5.97 Å². The fraction of sp³-hybridized carbons (Fsp3) is 0.417. The molecule has 0 saturated heterocycles. The van der Waals surface area contributed by atoms with Gasteiger partial charge in [0, 0.05) is 0 Å². The Labute approximate surface area is 127 Å². The number of aliphatic carboxylic acids is 1. The maximum absolute atomic E-state index is 12.0. The van der Waals surface area contributed by atoms with Crippen molar-refractivity contribution in [1.82, 2.24) is 4.72 Å². The predicted molar refractivity (Wildman–Crippen MR) is 78.5 cm³/mol. The molecule has 2 N–H and O–H groups in total. The molecule has 0 aliphatic carbocycles. The Kier molecular flexibility index (Phi) is 5.82. The quantitative estimate of drug-likeness (QED) is 0.834. The number of hydrogen-bond donors (Lipinski definition) is 2. The van der Waals surface area contributed by atoms with Gasteiger partial charge in [-0.3, -0.25) is 4.79 Å². The minimum absolute atomic E-state index is 0.248. The Bertz CT molecular complexity index is 601. The Morgan fingerprint density at radius 1 is 1.30 bits per heavy atom. The third-order valence-corrected chi connectivity index (χ3v) is 4.65. The van der Waals surface area contributed by atoms with Gasteiger partial charge in [-0.25, -0.2) is 13.1 Å². The first kappa shape index (κ1) is 17.2. The molecule has 0 amide bonds. The first-order valence-corrected chi connectivity index (χ1v) is 8.20. The van der Waals surface area contributed by atoms with E-state index in [-0.39, 0.29) is 16.7 Å². The molecule has 0 radical (unpaired) electrons. The topological polar surface area (TPSA) is 83.5 Å². The minimum Gasteiger partial charge on any atom is -0.480 e. The lowest BCUT2D eigenvalue weighted by Crippen LogP contribution is -2.44. The lowest BCUT2D eigenvalue weighted by molar-refractivity contribution is -0.140. The highest BCUT2D eigenvalue weighted by Crippen LogP contribution is 2.23. The summed E-state index contributed by atoms with van der Waals surface area (Å²) < 4.78 is 26.1. The van der Waals surface area contributed by atoms with Crippen molar-refractivity contribution in [3.63, 3.8) is 0 Å². The molecule has 0 aliphatic rings. The zero-order valence-electron chi connectivity index (χ0n) is 10.9. The van der Waals surface area contributed by atoms with Crippen LogP contribution in [0.15, 0.2) is 18.2 Å². The molecule has 5 nitrogen and oxygen atoms in total. The Morgan fingerprint density at radius 2 is 1.90 bits per heavy atom. The number of hydrogen-bond acceptors (Lipinski definition) is 3. The maximum atomic E-state index is 12.0. The largest absolute Gasteiger partial charge is 0.480 e. The molecule has 0 bridgehead atoms. The number of benzene rings is 1. The zero-order chi connectivity index (χ0) is 15.5. The third-order valence-electron chi connectivity index (χ3n) is 2.58. The molecule has 8 heteroatoms. The number of carboxylic acids is 1. The van der Waals surface area contributed by atoms with Crippen LogP contribution in [0.2, 0.25) is 10.0 Å². The standard InChI is InChI=1S/C12H15Cl2NO4S/c1-7(2)11(12(16)17)15-20(18,19)6-8-3-4-9(13)10(14)5-8/h3-5,7,11,15H,6H2,1-2H3,(H,16,17). The molecule has 0 spiro atoms. The molecule has 1 rings (SSSR count). The summed E-state index contributed by atoms with van der Waals surface area (Å²) in [4.78, 5) is 11.0. The van der Waals surface area contributed by atoms with E-state index in [2.05, 4.69) is 4.72 Å². The van der Waals surface area contributed by atoms with Crippen LogP contribution in [0.25, 0.3) is 0 Å². The van der Waals surface area contributed by atoms with Crippen molar-refractivity contribution >= 4 is 39.2 Å². The van der Waals surface area contributed by atoms with Crippen molar-refractivity contribution in [3.8, 4) is 0 Å². The highest BCUT2D eigenvalue weighted by Gasteiger charge is 2.27. The summed E-state index contributed by atoms with van der Waals surface area (Å²) in [5.74, 6) is -1.94. The molecular formula is C12H15Cl2NO4S. The van der Waals surface area contributed by atoms with Gasteiger partial charge in [0.05, 0.1) is 15.8 Å². The SMILES string of the molecule is CC(C)C(NS(=O)(=O)Cc1ccc(Cl)c(Cl)c1)C(=O)O. The Morgan fingerprint density at radius 3 is 2.35 bits per heavy atom. The molecule has 1 aromatic rings. The Hall–Kier alpha value is -0.820. The van der Waals surface area contributed by atoms with Crippen molar-refractivity contribution in [2.45, 2.75) is 25.6 Å². The van der Waals surface area contributed by atoms with Crippen LogP contribution in [0.4, 0.5) is 0 Å². The molecule has 1 atom stereocenters. The van der Waals surface area contributed by atoms with Crippen LogP contribution >= 0.6 is 23.2 Å². The zero-order valence-corrected chi connectivity index (χ0v) is 13.3. The third kappa shape index (κ3) is 4.94. The summed E-state index contributed by atoms with van der Waals surface area (Å²) in [6.07, 6.45) is 0. The smallest absolute Gasteiger partial charge is 0.321 e. The lowest BCUT2D eigenvalue weighted by atomic mass is 10.1. The second-order valence-corrected chi connectivity index (χ2v) is 7.25. The van der Waals surface area contributed by atoms with Crippen LogP contribution in [0.3, 0.4) is 0 Å². The molecule has 1 aromatic carbocycles. The molecule has 20 heavy (non-hydrogen) atoms. The highest BCUT2D eigenvalue weighted by molar-refractivity contribution is 7.88. The number of sulfonamides is 1. The van der Waals surface area contributed by atoms with Gasteiger partial charge < -0.3 is 5.11 Å². The van der Waals surface area contributed by atoms with Crippen molar-refractivity contribution in [1.29, 1.82) is 0 Å². The van der Waals surface area contributed by atoms with Gasteiger partial charge in [-0.2, -0.15) is 0 Å². The van der Waals surface area contributed by atoms with E-state index in [1.54, 1.807) is 13.8 Å². The summed E-state index contributed by atoms with van der Waals surface area (Å²) in [5.41, 5.74) is 0.430. The molecule has 0 heterocycles. The van der Waals surface area contributed by atoms with E-state index in [0.717, 1.165) is 0 Å². The summed E-state index contributed by atoms with van der Waals surface area (Å²) in [6, 6.07) is 3.29. The van der Waals surface area contributed by atoms with E-state index >= 15 is 0 Å². The monoisotopic (exact) mass is 339 g/mol. The number of nitrogens with one attached hydrogen (secondary N) is 1. The number of carboxylic acid groups (broad SMARTS) is 1. The number of rotatable bonds is 6. The number of halogens is 2. The highest BCUT2D eigenvalue weighted by atomic mass is 35.5. The van der Waals surface area contributed by atoms with Crippen molar-refractivity contribution in [2.24, 2.45) is 5.92 Å². The van der Waals surface area contributed by atoms with Gasteiger partial charge in [0.2, 0.25) is 10.0 Å². The second kappa shape index (κ2) is 6.76. The van der Waals surface area contributed by atoms with Gasteiger partial charge in [-0.1, -0.05) is 43.1 Å². The second-order valence-electron chi connectivity index (χ2n) is 4.69. The van der Waals surface area contributed by atoms with E-state index in [1.807, 2.05) is 0 Å². The van der Waals surface area contributed by atoms with Crippen LogP contribution in [-0.2, 0) is 20.6 Å². The van der Waals surface area contributed by atoms with Crippen LogP contribution in [0.5, 0.6) is 0 Å². The normalized spacial score (nSPS) is 13.4. The van der Waals surface area contributed by atoms with Crippen molar-refractivity contribution < 1.29 is 18.3 Å². The molecule has 0 aliphatic heterocycles. The van der Waals surface area contributed by atoms with Crippen molar-refractivity contribution in [3.05, 3.63) is 33.8 Å². The van der Waals surface area contributed by atoms with E-state index in [1.165, 1.54) is 18.2 Å². The van der Waals surface area contributed by atoms with Crippen LogP contribution in [0, 0.1) is 5.92 Å². The summed E-state index contributed by atoms with van der Waals surface area (Å²) in [7, 11) is -3.79. The molecule has 112 valence electrons. The minimum atomic E-state index is -3.79. The fourth-order valence-electron chi connectivity index (χ4n) is 1.56. The maximum Gasteiger partial charge on any atom is 0.321 e. The van der Waals surface area contributed by atoms with Crippen molar-refractivity contribution in [2.75, 3.05) is 0 Å². The summed E-state index contributed by atoms with van der Waals surface area (Å²) in [5, 5.41) is 9.56. The molecule has 0 saturated carbocycles. The average molecular weight is 340 g/mol. The van der Waals surface area contributed by atoms with E-state index < -0.39 is 22.0 Å². The molecule has 0 aromatic heterocycles.